The van der Waals surface area contributed by atoms with Crippen LogP contribution < -0.4 is 15.5 Å². The molecule has 1 heterocycles. The van der Waals surface area contributed by atoms with Crippen LogP contribution in [0.2, 0.25) is 0 Å². The van der Waals surface area contributed by atoms with Gasteiger partial charge in [0.1, 0.15) is 5.82 Å². The number of carbonyl (C=O) groups is 1. The van der Waals surface area contributed by atoms with Crippen molar-refractivity contribution < 1.29 is 4.79 Å². The first kappa shape index (κ1) is 16.0. The summed E-state index contributed by atoms with van der Waals surface area (Å²) in [5.41, 5.74) is 1.02. The maximum Gasteiger partial charge on any atom is 0.315 e. The second-order valence-corrected chi connectivity index (χ2v) is 4.87. The number of urea groups is 1. The molecule has 0 bridgehead atoms. The first-order valence-electron chi connectivity index (χ1n) is 6.84. The second kappa shape index (κ2) is 8.19. The zero-order valence-corrected chi connectivity index (χ0v) is 12.5. The minimum absolute atomic E-state index is 0.141. The quantitative estimate of drug-likeness (QED) is 0.751. The van der Waals surface area contributed by atoms with Crippen molar-refractivity contribution in [3.8, 4) is 0 Å². The van der Waals surface area contributed by atoms with Crippen LogP contribution in [0.3, 0.4) is 0 Å². The monoisotopic (exact) mass is 276 g/mol. The van der Waals surface area contributed by atoms with Crippen molar-refractivity contribution in [2.75, 3.05) is 19.0 Å². The predicted octanol–water partition coefficient (Wildman–Crippen LogP) is 2.30. The molecule has 2 N–H and O–H groups in total. The van der Waals surface area contributed by atoms with E-state index in [1.165, 1.54) is 0 Å². The van der Waals surface area contributed by atoms with Gasteiger partial charge in [0.15, 0.2) is 0 Å². The maximum atomic E-state index is 11.8. The lowest BCUT2D eigenvalue weighted by Gasteiger charge is -2.16. The maximum absolute atomic E-state index is 11.8. The molecule has 20 heavy (non-hydrogen) atoms. The van der Waals surface area contributed by atoms with Crippen molar-refractivity contribution in [3.05, 3.63) is 36.5 Å². The van der Waals surface area contributed by atoms with E-state index in [4.69, 9.17) is 0 Å². The highest BCUT2D eigenvalue weighted by Gasteiger charge is 2.08. The van der Waals surface area contributed by atoms with E-state index in [-0.39, 0.29) is 12.1 Å². The fourth-order valence-electron chi connectivity index (χ4n) is 1.76. The van der Waals surface area contributed by atoms with Gasteiger partial charge in [-0.25, -0.2) is 9.78 Å². The van der Waals surface area contributed by atoms with E-state index in [0.717, 1.165) is 24.2 Å². The Bertz CT molecular complexity index is 445. The van der Waals surface area contributed by atoms with E-state index in [1.54, 1.807) is 6.20 Å². The van der Waals surface area contributed by atoms with Crippen LogP contribution in [0.25, 0.3) is 0 Å². The Morgan fingerprint density at radius 3 is 2.90 bits per heavy atom. The summed E-state index contributed by atoms with van der Waals surface area (Å²) >= 11 is 0. The van der Waals surface area contributed by atoms with Crippen molar-refractivity contribution in [2.45, 2.75) is 32.4 Å². The van der Waals surface area contributed by atoms with Gasteiger partial charge in [0, 0.05) is 32.9 Å². The number of hydrogen-bond donors (Lipinski definition) is 2. The van der Waals surface area contributed by atoms with E-state index < -0.39 is 0 Å². The number of anilines is 1. The van der Waals surface area contributed by atoms with Crippen molar-refractivity contribution in [1.82, 2.24) is 15.6 Å². The van der Waals surface area contributed by atoms with Gasteiger partial charge < -0.3 is 15.5 Å². The Kier molecular flexibility index (Phi) is 6.56. The van der Waals surface area contributed by atoms with Crippen molar-refractivity contribution in [1.29, 1.82) is 0 Å². The van der Waals surface area contributed by atoms with Crippen molar-refractivity contribution in [2.24, 2.45) is 0 Å². The summed E-state index contributed by atoms with van der Waals surface area (Å²) in [6.45, 7) is 6.22. The van der Waals surface area contributed by atoms with Gasteiger partial charge in [0.2, 0.25) is 0 Å². The summed E-state index contributed by atoms with van der Waals surface area (Å²) in [5.74, 6) is 0.878. The smallest absolute Gasteiger partial charge is 0.315 e. The Labute approximate surface area is 121 Å². The normalized spacial score (nSPS) is 11.6. The van der Waals surface area contributed by atoms with E-state index >= 15 is 0 Å². The first-order chi connectivity index (χ1) is 9.56. The molecule has 0 aromatic carbocycles. The number of hydrogen-bond acceptors (Lipinski definition) is 3. The highest BCUT2D eigenvalue weighted by Crippen LogP contribution is 2.09. The molecule has 0 radical (unpaired) electrons. The summed E-state index contributed by atoms with van der Waals surface area (Å²) < 4.78 is 0. The van der Waals surface area contributed by atoms with Gasteiger partial charge in [-0.2, -0.15) is 0 Å². The average molecular weight is 276 g/mol. The van der Waals surface area contributed by atoms with Gasteiger partial charge in [-0.1, -0.05) is 13.0 Å². The molecule has 5 heteroatoms. The first-order valence-corrected chi connectivity index (χ1v) is 6.84. The molecule has 1 unspecified atom stereocenters. The summed E-state index contributed by atoms with van der Waals surface area (Å²) in [6, 6.07) is 3.85. The zero-order chi connectivity index (χ0) is 15.0. The third-order valence-corrected chi connectivity index (χ3v) is 3.00. The van der Waals surface area contributed by atoms with Gasteiger partial charge in [0.25, 0.3) is 0 Å². The molecule has 1 aromatic heterocycles. The number of nitrogens with one attached hydrogen (secondary N) is 2. The fourth-order valence-corrected chi connectivity index (χ4v) is 1.76. The molecule has 0 aliphatic heterocycles. The molecule has 1 atom stereocenters. The van der Waals surface area contributed by atoms with Crippen molar-refractivity contribution >= 4 is 11.8 Å². The number of pyridine rings is 1. The van der Waals surface area contributed by atoms with Crippen LogP contribution in [-0.2, 0) is 6.54 Å². The Balaban J connectivity index is 2.48. The molecule has 1 aromatic rings. The third-order valence-electron chi connectivity index (χ3n) is 3.00. The lowest BCUT2D eigenvalue weighted by atomic mass is 10.1. The molecule has 0 aliphatic rings. The van der Waals surface area contributed by atoms with E-state index in [9.17, 15) is 4.79 Å². The molecule has 2 amide bonds. The molecule has 5 nitrogen and oxygen atoms in total. The van der Waals surface area contributed by atoms with Crippen LogP contribution in [0.5, 0.6) is 0 Å². The summed E-state index contributed by atoms with van der Waals surface area (Å²) in [5, 5.41) is 5.79. The molecular formula is C15H24N4O. The minimum Gasteiger partial charge on any atom is -0.363 e. The number of rotatable bonds is 7. The summed E-state index contributed by atoms with van der Waals surface area (Å²) in [7, 11) is 3.88. The van der Waals surface area contributed by atoms with Crippen molar-refractivity contribution in [3.63, 3.8) is 0 Å². The molecule has 0 spiro atoms. The molecule has 0 fully saturated rings. The average Bonchev–Trinajstić information content (AvgIpc) is 2.45. The third kappa shape index (κ3) is 5.30. The molecule has 0 saturated carbocycles. The highest BCUT2D eigenvalue weighted by molar-refractivity contribution is 5.74. The standard InChI is InChI=1S/C15H24N4O/c1-5-7-13(6-2)18-15(20)17-11-12-8-9-16-14(10-12)19(3)4/h5,8-10,13H,1,6-7,11H2,2-4H3,(H2,17,18,20). The highest BCUT2D eigenvalue weighted by atomic mass is 16.2. The van der Waals surface area contributed by atoms with Gasteiger partial charge in [0.05, 0.1) is 0 Å². The Hall–Kier alpha value is -2.04. The van der Waals surface area contributed by atoms with Crippen LogP contribution in [0.4, 0.5) is 10.6 Å². The molecular weight excluding hydrogens is 252 g/mol. The Morgan fingerprint density at radius 1 is 1.55 bits per heavy atom. The number of carbonyl (C=O) groups excluding carboxylic acids is 1. The van der Waals surface area contributed by atoms with E-state index in [1.807, 2.05) is 44.1 Å². The topological polar surface area (TPSA) is 57.3 Å². The van der Waals surface area contributed by atoms with Crippen LogP contribution in [0.15, 0.2) is 31.0 Å². The molecule has 1 rings (SSSR count). The lowest BCUT2D eigenvalue weighted by Crippen LogP contribution is -2.41. The van der Waals surface area contributed by atoms with E-state index in [2.05, 4.69) is 22.2 Å². The van der Waals surface area contributed by atoms with E-state index in [0.29, 0.717) is 6.54 Å². The van der Waals surface area contributed by atoms with Gasteiger partial charge in [-0.15, -0.1) is 6.58 Å². The number of nitrogens with zero attached hydrogens (tertiary/aromatic N) is 2. The zero-order valence-electron chi connectivity index (χ0n) is 12.5. The predicted molar refractivity (Wildman–Crippen MR) is 82.8 cm³/mol. The number of aromatic nitrogens is 1. The van der Waals surface area contributed by atoms with Gasteiger partial charge in [-0.3, -0.25) is 0 Å². The van der Waals surface area contributed by atoms with Gasteiger partial charge >= 0.3 is 6.03 Å². The summed E-state index contributed by atoms with van der Waals surface area (Å²) in [4.78, 5) is 18.0. The summed E-state index contributed by atoms with van der Waals surface area (Å²) in [6.07, 6.45) is 5.24. The van der Waals surface area contributed by atoms with Crippen LogP contribution in [0, 0.1) is 0 Å². The van der Waals surface area contributed by atoms with Gasteiger partial charge in [-0.05, 0) is 30.5 Å². The van der Waals surface area contributed by atoms with Crippen LogP contribution >= 0.6 is 0 Å². The molecule has 0 aliphatic carbocycles. The molecule has 110 valence electrons. The fraction of sp³-hybridized carbons (Fsp3) is 0.467. The molecule has 0 saturated heterocycles. The van der Waals surface area contributed by atoms with Crippen LogP contribution in [-0.4, -0.2) is 31.2 Å². The SMILES string of the molecule is C=CCC(CC)NC(=O)NCc1ccnc(N(C)C)c1. The number of amides is 2. The minimum atomic E-state index is -0.151. The van der Waals surface area contributed by atoms with Crippen LogP contribution in [0.1, 0.15) is 25.3 Å². The Morgan fingerprint density at radius 2 is 2.30 bits per heavy atom. The largest absolute Gasteiger partial charge is 0.363 e. The lowest BCUT2D eigenvalue weighted by molar-refractivity contribution is 0.236. The second-order valence-electron chi connectivity index (χ2n) is 4.87.